The van der Waals surface area contributed by atoms with E-state index >= 15 is 0 Å². The third-order valence-electron chi connectivity index (χ3n) is 3.45. The largest absolute Gasteiger partial charge is 0.322 e. The maximum absolute atomic E-state index is 13.8. The SMILES string of the molecule is CC(C(=O)Nc1ccc(Br)cc1F)n1nnc(-c2ccc(Br)cc2)n1. The minimum atomic E-state index is -0.750. The molecule has 1 atom stereocenters. The summed E-state index contributed by atoms with van der Waals surface area (Å²) in [5.74, 6) is -0.569. The van der Waals surface area contributed by atoms with Crippen LogP contribution in [0.5, 0.6) is 0 Å². The van der Waals surface area contributed by atoms with E-state index in [9.17, 15) is 9.18 Å². The van der Waals surface area contributed by atoms with Crippen molar-refractivity contribution in [2.75, 3.05) is 5.32 Å². The van der Waals surface area contributed by atoms with Gasteiger partial charge in [-0.3, -0.25) is 4.79 Å². The predicted molar refractivity (Wildman–Crippen MR) is 98.4 cm³/mol. The fraction of sp³-hybridized carbons (Fsp3) is 0.125. The summed E-state index contributed by atoms with van der Waals surface area (Å²) in [5.41, 5.74) is 0.870. The Balaban J connectivity index is 1.75. The van der Waals surface area contributed by atoms with Crippen LogP contribution in [0.1, 0.15) is 13.0 Å². The summed E-state index contributed by atoms with van der Waals surface area (Å²) < 4.78 is 15.4. The first-order valence-corrected chi connectivity index (χ1v) is 8.84. The van der Waals surface area contributed by atoms with Crippen molar-refractivity contribution >= 4 is 43.5 Å². The first-order valence-electron chi connectivity index (χ1n) is 7.25. The van der Waals surface area contributed by atoms with Crippen LogP contribution in [0.15, 0.2) is 51.4 Å². The summed E-state index contributed by atoms with van der Waals surface area (Å²) in [6, 6.07) is 11.1. The van der Waals surface area contributed by atoms with Crippen LogP contribution in [-0.2, 0) is 4.79 Å². The highest BCUT2D eigenvalue weighted by Gasteiger charge is 2.20. The number of tetrazole rings is 1. The standard InChI is InChI=1S/C16H12Br2FN5O/c1-9(16(25)20-14-7-6-12(18)8-13(14)19)24-22-15(21-23-24)10-2-4-11(17)5-3-10/h2-9H,1H3,(H,20,25). The molecule has 0 saturated heterocycles. The third-order valence-corrected chi connectivity index (χ3v) is 4.47. The van der Waals surface area contributed by atoms with Crippen molar-refractivity contribution in [1.29, 1.82) is 0 Å². The van der Waals surface area contributed by atoms with Crippen molar-refractivity contribution in [2.45, 2.75) is 13.0 Å². The fourth-order valence-corrected chi connectivity index (χ4v) is 2.63. The minimum absolute atomic E-state index is 0.0910. The zero-order valence-electron chi connectivity index (χ0n) is 12.9. The third kappa shape index (κ3) is 4.10. The Morgan fingerprint density at radius 3 is 2.52 bits per heavy atom. The first kappa shape index (κ1) is 17.7. The highest BCUT2D eigenvalue weighted by Crippen LogP contribution is 2.21. The van der Waals surface area contributed by atoms with Gasteiger partial charge in [0.25, 0.3) is 5.91 Å². The molecule has 9 heteroatoms. The van der Waals surface area contributed by atoms with E-state index in [1.165, 1.54) is 16.9 Å². The molecular weight excluding hydrogens is 457 g/mol. The highest BCUT2D eigenvalue weighted by atomic mass is 79.9. The summed E-state index contributed by atoms with van der Waals surface area (Å²) in [7, 11) is 0. The molecule has 0 spiro atoms. The normalized spacial score (nSPS) is 12.0. The summed E-state index contributed by atoms with van der Waals surface area (Å²) in [4.78, 5) is 13.5. The van der Waals surface area contributed by atoms with Crippen LogP contribution in [0.4, 0.5) is 10.1 Å². The molecule has 0 aliphatic carbocycles. The lowest BCUT2D eigenvalue weighted by Gasteiger charge is -2.11. The van der Waals surface area contributed by atoms with Crippen molar-refractivity contribution in [2.24, 2.45) is 0 Å². The van der Waals surface area contributed by atoms with Crippen LogP contribution in [-0.4, -0.2) is 26.1 Å². The number of halogens is 3. The lowest BCUT2D eigenvalue weighted by atomic mass is 10.2. The summed E-state index contributed by atoms with van der Waals surface area (Å²) in [6.45, 7) is 1.61. The Morgan fingerprint density at radius 1 is 1.16 bits per heavy atom. The van der Waals surface area contributed by atoms with Gasteiger partial charge in [-0.1, -0.05) is 31.9 Å². The molecule has 3 aromatic rings. The number of hydrogen-bond donors (Lipinski definition) is 1. The van der Waals surface area contributed by atoms with Gasteiger partial charge in [-0.15, -0.1) is 10.2 Å². The van der Waals surface area contributed by atoms with Crippen LogP contribution >= 0.6 is 31.9 Å². The van der Waals surface area contributed by atoms with Crippen molar-refractivity contribution in [1.82, 2.24) is 20.2 Å². The predicted octanol–water partition coefficient (Wildman–Crippen LogP) is 4.20. The van der Waals surface area contributed by atoms with Gasteiger partial charge in [-0.25, -0.2) is 4.39 Å². The van der Waals surface area contributed by atoms with E-state index in [0.717, 1.165) is 10.0 Å². The zero-order valence-corrected chi connectivity index (χ0v) is 16.1. The number of anilines is 1. The maximum Gasteiger partial charge on any atom is 0.250 e. The Labute approximate surface area is 159 Å². The fourth-order valence-electron chi connectivity index (χ4n) is 2.04. The van der Waals surface area contributed by atoms with Crippen LogP contribution in [0.25, 0.3) is 11.4 Å². The number of benzene rings is 2. The van der Waals surface area contributed by atoms with Gasteiger partial charge < -0.3 is 5.32 Å². The summed E-state index contributed by atoms with van der Waals surface area (Å²) in [5, 5.41) is 14.6. The molecule has 128 valence electrons. The van der Waals surface area contributed by atoms with Gasteiger partial charge in [0.05, 0.1) is 5.69 Å². The number of aromatic nitrogens is 4. The minimum Gasteiger partial charge on any atom is -0.322 e. The molecule has 0 fully saturated rings. The van der Waals surface area contributed by atoms with E-state index < -0.39 is 17.8 Å². The van der Waals surface area contributed by atoms with E-state index in [2.05, 4.69) is 52.6 Å². The number of amides is 1. The summed E-state index contributed by atoms with van der Waals surface area (Å²) in [6.07, 6.45) is 0. The number of carbonyl (C=O) groups is 1. The highest BCUT2D eigenvalue weighted by molar-refractivity contribution is 9.10. The Kier molecular flexibility index (Phi) is 5.24. The molecule has 0 saturated carbocycles. The molecular formula is C16H12Br2FN5O. The second-order valence-corrected chi connectivity index (χ2v) is 7.06. The topological polar surface area (TPSA) is 72.7 Å². The zero-order chi connectivity index (χ0) is 18.0. The van der Waals surface area contributed by atoms with Crippen LogP contribution in [0.3, 0.4) is 0 Å². The second-order valence-electron chi connectivity index (χ2n) is 5.23. The van der Waals surface area contributed by atoms with E-state index in [0.29, 0.717) is 10.3 Å². The number of carbonyl (C=O) groups excluding carboxylic acids is 1. The number of nitrogens with one attached hydrogen (secondary N) is 1. The van der Waals surface area contributed by atoms with Crippen molar-refractivity contribution < 1.29 is 9.18 Å². The van der Waals surface area contributed by atoms with Crippen LogP contribution in [0, 0.1) is 5.82 Å². The molecule has 1 unspecified atom stereocenters. The molecule has 6 nitrogen and oxygen atoms in total. The molecule has 0 aliphatic rings. The van der Waals surface area contributed by atoms with Crippen LogP contribution in [0.2, 0.25) is 0 Å². The molecule has 2 aromatic carbocycles. The lowest BCUT2D eigenvalue weighted by molar-refractivity contribution is -0.119. The molecule has 0 bridgehead atoms. The molecule has 1 heterocycles. The van der Waals surface area contributed by atoms with E-state index in [-0.39, 0.29) is 5.69 Å². The average molecular weight is 469 g/mol. The Hall–Kier alpha value is -2.13. The maximum atomic E-state index is 13.8. The number of hydrogen-bond acceptors (Lipinski definition) is 4. The van der Waals surface area contributed by atoms with Gasteiger partial charge in [0.15, 0.2) is 0 Å². The Bertz CT molecular complexity index is 913. The van der Waals surface area contributed by atoms with Crippen molar-refractivity contribution in [3.05, 3.63) is 57.2 Å². The van der Waals surface area contributed by atoms with Gasteiger partial charge in [0, 0.05) is 14.5 Å². The number of rotatable bonds is 4. The molecule has 1 N–H and O–H groups in total. The van der Waals surface area contributed by atoms with E-state index in [4.69, 9.17) is 0 Å². The van der Waals surface area contributed by atoms with E-state index in [1.54, 1.807) is 13.0 Å². The average Bonchev–Trinajstić information content (AvgIpc) is 3.07. The number of nitrogens with zero attached hydrogens (tertiary/aromatic N) is 4. The van der Waals surface area contributed by atoms with Gasteiger partial charge in [0.1, 0.15) is 11.9 Å². The molecule has 1 amide bonds. The van der Waals surface area contributed by atoms with Gasteiger partial charge in [0.2, 0.25) is 5.82 Å². The molecule has 1 aromatic heterocycles. The lowest BCUT2D eigenvalue weighted by Crippen LogP contribution is -2.25. The van der Waals surface area contributed by atoms with E-state index in [1.807, 2.05) is 24.3 Å². The van der Waals surface area contributed by atoms with Gasteiger partial charge in [-0.05, 0) is 54.6 Å². The second kappa shape index (κ2) is 7.40. The van der Waals surface area contributed by atoms with Gasteiger partial charge in [-0.2, -0.15) is 4.80 Å². The monoisotopic (exact) mass is 467 g/mol. The Morgan fingerprint density at radius 2 is 1.84 bits per heavy atom. The van der Waals surface area contributed by atoms with Crippen LogP contribution < -0.4 is 5.32 Å². The van der Waals surface area contributed by atoms with Crippen molar-refractivity contribution in [3.8, 4) is 11.4 Å². The van der Waals surface area contributed by atoms with Gasteiger partial charge >= 0.3 is 0 Å². The first-order chi connectivity index (χ1) is 11.9. The molecule has 0 radical (unpaired) electrons. The smallest absolute Gasteiger partial charge is 0.250 e. The molecule has 0 aliphatic heterocycles. The molecule has 25 heavy (non-hydrogen) atoms. The van der Waals surface area contributed by atoms with Crippen molar-refractivity contribution in [3.63, 3.8) is 0 Å². The molecule has 3 rings (SSSR count). The quantitative estimate of drug-likeness (QED) is 0.622. The summed E-state index contributed by atoms with van der Waals surface area (Å²) >= 11 is 6.53.